The van der Waals surface area contributed by atoms with Crippen molar-refractivity contribution >= 4 is 46.2 Å². The van der Waals surface area contributed by atoms with Crippen molar-refractivity contribution in [3.8, 4) is 0 Å². The first-order chi connectivity index (χ1) is 10.4. The number of anilines is 1. The summed E-state index contributed by atoms with van der Waals surface area (Å²) < 4.78 is 1.92. The summed E-state index contributed by atoms with van der Waals surface area (Å²) in [5, 5.41) is 9.33. The van der Waals surface area contributed by atoms with Crippen LogP contribution < -0.4 is 5.32 Å². The Morgan fingerprint density at radius 3 is 2.77 bits per heavy atom. The van der Waals surface area contributed by atoms with Gasteiger partial charge in [-0.3, -0.25) is 4.68 Å². The van der Waals surface area contributed by atoms with Gasteiger partial charge in [-0.2, -0.15) is 5.10 Å². The van der Waals surface area contributed by atoms with Crippen molar-refractivity contribution in [1.82, 2.24) is 14.7 Å². The van der Waals surface area contributed by atoms with E-state index in [2.05, 4.69) is 17.3 Å². The molecule has 0 saturated heterocycles. The molecule has 22 heavy (non-hydrogen) atoms. The molecule has 118 valence electrons. The lowest BCUT2D eigenvalue weighted by molar-refractivity contribution is 0.506. The molecule has 1 aromatic heterocycles. The van der Waals surface area contributed by atoms with Crippen LogP contribution in [0.2, 0.25) is 10.0 Å². The summed E-state index contributed by atoms with van der Waals surface area (Å²) in [5.41, 5.74) is 2.86. The smallest absolute Gasteiger partial charge is 0.173 e. The molecule has 4 nitrogen and oxygen atoms in total. The van der Waals surface area contributed by atoms with Crippen LogP contribution in [0, 0.1) is 6.92 Å². The van der Waals surface area contributed by atoms with Gasteiger partial charge in [0.1, 0.15) is 0 Å². The topological polar surface area (TPSA) is 33.1 Å². The zero-order chi connectivity index (χ0) is 16.3. The molecule has 1 heterocycles. The van der Waals surface area contributed by atoms with E-state index in [9.17, 15) is 0 Å². The molecular weight excluding hydrogens is 339 g/mol. The fourth-order valence-corrected chi connectivity index (χ4v) is 2.52. The number of aryl methyl sites for hydroxylation is 2. The number of thiocarbonyl (C=S) groups is 1. The number of hydrogen-bond acceptors (Lipinski definition) is 2. The maximum Gasteiger partial charge on any atom is 0.173 e. The van der Waals surface area contributed by atoms with E-state index in [0.29, 0.717) is 27.4 Å². The van der Waals surface area contributed by atoms with Gasteiger partial charge < -0.3 is 10.2 Å². The van der Waals surface area contributed by atoms with Crippen LogP contribution in [0.5, 0.6) is 0 Å². The van der Waals surface area contributed by atoms with Crippen LogP contribution in [0.15, 0.2) is 24.4 Å². The van der Waals surface area contributed by atoms with Gasteiger partial charge in [0.2, 0.25) is 0 Å². The minimum absolute atomic E-state index is 0.577. The predicted molar refractivity (Wildman–Crippen MR) is 96.8 cm³/mol. The standard InChI is InChI=1S/C15H18Cl2N4S/c1-4-21-9-11(10(2)19-21)8-20(3)15(22)18-14-7-12(16)5-6-13(14)17/h5-7,9H,4,8H2,1-3H3,(H,18,22). The molecule has 2 rings (SSSR count). The molecule has 0 aliphatic rings. The Hall–Kier alpha value is -1.30. The number of aromatic nitrogens is 2. The van der Waals surface area contributed by atoms with Gasteiger partial charge in [0, 0.05) is 36.9 Å². The first-order valence-electron chi connectivity index (χ1n) is 6.90. The molecule has 0 saturated carbocycles. The monoisotopic (exact) mass is 356 g/mol. The van der Waals surface area contributed by atoms with Crippen LogP contribution in [0.1, 0.15) is 18.2 Å². The molecular formula is C15H18Cl2N4S. The number of nitrogens with one attached hydrogen (secondary N) is 1. The fourth-order valence-electron chi connectivity index (χ4n) is 2.01. The van der Waals surface area contributed by atoms with Gasteiger partial charge in [0.15, 0.2) is 5.11 Å². The lowest BCUT2D eigenvalue weighted by Gasteiger charge is -2.21. The number of halogens is 2. The van der Waals surface area contributed by atoms with Crippen molar-refractivity contribution in [2.24, 2.45) is 0 Å². The molecule has 1 aromatic carbocycles. The maximum atomic E-state index is 6.14. The van der Waals surface area contributed by atoms with Crippen LogP contribution in [0.25, 0.3) is 0 Å². The second-order valence-electron chi connectivity index (χ2n) is 5.01. The molecule has 0 unspecified atom stereocenters. The van der Waals surface area contributed by atoms with Crippen LogP contribution in [-0.4, -0.2) is 26.8 Å². The Morgan fingerprint density at radius 1 is 1.41 bits per heavy atom. The summed E-state index contributed by atoms with van der Waals surface area (Å²) in [6, 6.07) is 5.24. The molecule has 0 bridgehead atoms. The van der Waals surface area contributed by atoms with Crippen molar-refractivity contribution in [3.63, 3.8) is 0 Å². The van der Waals surface area contributed by atoms with E-state index >= 15 is 0 Å². The summed E-state index contributed by atoms with van der Waals surface area (Å²) in [6.45, 7) is 5.59. The highest BCUT2D eigenvalue weighted by atomic mass is 35.5. The average Bonchev–Trinajstić information content (AvgIpc) is 2.83. The van der Waals surface area contributed by atoms with E-state index in [1.807, 2.05) is 29.7 Å². The third-order valence-electron chi connectivity index (χ3n) is 3.30. The van der Waals surface area contributed by atoms with Crippen molar-refractivity contribution in [3.05, 3.63) is 45.7 Å². The van der Waals surface area contributed by atoms with E-state index in [1.165, 1.54) is 0 Å². The van der Waals surface area contributed by atoms with E-state index in [-0.39, 0.29) is 0 Å². The van der Waals surface area contributed by atoms with Crippen LogP contribution >= 0.6 is 35.4 Å². The lowest BCUT2D eigenvalue weighted by atomic mass is 10.2. The second-order valence-corrected chi connectivity index (χ2v) is 6.24. The van der Waals surface area contributed by atoms with Gasteiger partial charge in [-0.1, -0.05) is 23.2 Å². The summed E-state index contributed by atoms with van der Waals surface area (Å²) in [6.07, 6.45) is 2.04. The van der Waals surface area contributed by atoms with Crippen molar-refractivity contribution in [2.45, 2.75) is 26.9 Å². The quantitative estimate of drug-likeness (QED) is 0.825. The molecule has 0 aliphatic heterocycles. The highest BCUT2D eigenvalue weighted by Crippen LogP contribution is 2.25. The molecule has 0 atom stereocenters. The van der Waals surface area contributed by atoms with Crippen molar-refractivity contribution < 1.29 is 0 Å². The summed E-state index contributed by atoms with van der Waals surface area (Å²) in [7, 11) is 1.93. The number of benzene rings is 1. The van der Waals surface area contributed by atoms with Crippen molar-refractivity contribution in [2.75, 3.05) is 12.4 Å². The minimum Gasteiger partial charge on any atom is -0.348 e. The molecule has 0 spiro atoms. The van der Waals surface area contributed by atoms with E-state index in [1.54, 1.807) is 18.2 Å². The molecule has 0 aliphatic carbocycles. The summed E-state index contributed by atoms with van der Waals surface area (Å²) >= 11 is 17.5. The first kappa shape index (κ1) is 17.1. The third kappa shape index (κ3) is 4.12. The molecule has 7 heteroatoms. The average molecular weight is 357 g/mol. The Kier molecular flexibility index (Phi) is 5.67. The Bertz CT molecular complexity index is 684. The Labute approximate surface area is 146 Å². The summed E-state index contributed by atoms with van der Waals surface area (Å²) in [5.74, 6) is 0. The lowest BCUT2D eigenvalue weighted by Crippen LogP contribution is -2.30. The highest BCUT2D eigenvalue weighted by Gasteiger charge is 2.11. The van der Waals surface area contributed by atoms with Gasteiger partial charge in [0.25, 0.3) is 0 Å². The third-order valence-corrected chi connectivity index (χ3v) is 4.27. The summed E-state index contributed by atoms with van der Waals surface area (Å²) in [4.78, 5) is 1.94. The van der Waals surface area contributed by atoms with E-state index < -0.39 is 0 Å². The van der Waals surface area contributed by atoms with Crippen LogP contribution in [0.3, 0.4) is 0 Å². The fraction of sp³-hybridized carbons (Fsp3) is 0.333. The predicted octanol–water partition coefficient (Wildman–Crippen LogP) is 4.35. The molecule has 0 radical (unpaired) electrons. The zero-order valence-electron chi connectivity index (χ0n) is 12.7. The zero-order valence-corrected chi connectivity index (χ0v) is 15.1. The Balaban J connectivity index is 2.05. The minimum atomic E-state index is 0.577. The molecule has 1 N–H and O–H groups in total. The van der Waals surface area contributed by atoms with E-state index in [0.717, 1.165) is 17.8 Å². The number of hydrogen-bond donors (Lipinski definition) is 1. The Morgan fingerprint density at radius 2 is 2.14 bits per heavy atom. The van der Waals surface area contributed by atoms with Crippen LogP contribution in [-0.2, 0) is 13.1 Å². The molecule has 0 fully saturated rings. The van der Waals surface area contributed by atoms with E-state index in [4.69, 9.17) is 35.4 Å². The molecule has 0 amide bonds. The van der Waals surface area contributed by atoms with Gasteiger partial charge in [-0.15, -0.1) is 0 Å². The normalized spacial score (nSPS) is 10.6. The number of rotatable bonds is 4. The maximum absolute atomic E-state index is 6.14. The highest BCUT2D eigenvalue weighted by molar-refractivity contribution is 7.80. The van der Waals surface area contributed by atoms with Gasteiger partial charge >= 0.3 is 0 Å². The largest absolute Gasteiger partial charge is 0.348 e. The van der Waals surface area contributed by atoms with Gasteiger partial charge in [-0.25, -0.2) is 0 Å². The number of nitrogens with zero attached hydrogens (tertiary/aromatic N) is 3. The van der Waals surface area contributed by atoms with Gasteiger partial charge in [0.05, 0.1) is 16.4 Å². The SMILES string of the molecule is CCn1cc(CN(C)C(=S)Nc2cc(Cl)ccc2Cl)c(C)n1. The van der Waals surface area contributed by atoms with Crippen LogP contribution in [0.4, 0.5) is 5.69 Å². The second kappa shape index (κ2) is 7.31. The molecule has 2 aromatic rings. The van der Waals surface area contributed by atoms with Gasteiger partial charge in [-0.05, 0) is 44.3 Å². The van der Waals surface area contributed by atoms with Crippen molar-refractivity contribution in [1.29, 1.82) is 0 Å². The first-order valence-corrected chi connectivity index (χ1v) is 8.07.